The number of aliphatic hydroxyl groups is 1. The molecule has 2 rings (SSSR count). The van der Waals surface area contributed by atoms with E-state index < -0.39 is 0 Å². The van der Waals surface area contributed by atoms with Crippen LogP contribution in [0.1, 0.15) is 85.0 Å². The zero-order valence-corrected chi connectivity index (χ0v) is 15.1. The zero-order chi connectivity index (χ0) is 16.9. The summed E-state index contributed by atoms with van der Waals surface area (Å²) in [5.74, 6) is 0.460. The average Bonchev–Trinajstić information content (AvgIpc) is 2.46. The number of rotatable bonds is 6. The SMILES string of the molecule is CCC[C@H]1CC(C)(NC(C)=O)C[C@@H](C[C@@H](O)C2CCCCC2)O1. The number of aliphatic hydroxyl groups excluding tert-OH is 1. The topological polar surface area (TPSA) is 58.6 Å². The van der Waals surface area contributed by atoms with Crippen molar-refractivity contribution in [2.24, 2.45) is 5.92 Å². The number of ether oxygens (including phenoxy) is 1. The van der Waals surface area contributed by atoms with E-state index in [0.29, 0.717) is 12.3 Å². The first-order chi connectivity index (χ1) is 10.9. The molecule has 0 radical (unpaired) electrons. The first-order valence-corrected chi connectivity index (χ1v) is 9.54. The second-order valence-corrected chi connectivity index (χ2v) is 8.02. The van der Waals surface area contributed by atoms with Gasteiger partial charge in [-0.15, -0.1) is 0 Å². The van der Waals surface area contributed by atoms with Crippen molar-refractivity contribution < 1.29 is 14.6 Å². The van der Waals surface area contributed by atoms with Crippen LogP contribution in [0.4, 0.5) is 0 Å². The van der Waals surface area contributed by atoms with Gasteiger partial charge in [-0.1, -0.05) is 32.6 Å². The molecule has 0 bridgehead atoms. The van der Waals surface area contributed by atoms with Crippen LogP contribution in [0.5, 0.6) is 0 Å². The third-order valence-corrected chi connectivity index (χ3v) is 5.53. The minimum absolute atomic E-state index is 0.0243. The molecular weight excluding hydrogens is 290 g/mol. The lowest BCUT2D eigenvalue weighted by atomic mass is 9.79. The summed E-state index contributed by atoms with van der Waals surface area (Å²) in [5, 5.41) is 13.8. The summed E-state index contributed by atoms with van der Waals surface area (Å²) in [4.78, 5) is 11.6. The van der Waals surface area contributed by atoms with E-state index in [-0.39, 0.29) is 29.8 Å². The van der Waals surface area contributed by atoms with E-state index in [2.05, 4.69) is 19.2 Å². The van der Waals surface area contributed by atoms with Crippen molar-refractivity contribution in [1.82, 2.24) is 5.32 Å². The Labute approximate surface area is 141 Å². The van der Waals surface area contributed by atoms with Crippen molar-refractivity contribution in [2.45, 2.75) is 109 Å². The number of carbonyl (C=O) groups excluding carboxylic acids is 1. The number of carbonyl (C=O) groups is 1. The monoisotopic (exact) mass is 325 g/mol. The Morgan fingerprint density at radius 2 is 1.91 bits per heavy atom. The summed E-state index contributed by atoms with van der Waals surface area (Å²) in [7, 11) is 0. The highest BCUT2D eigenvalue weighted by Crippen LogP contribution is 2.35. The van der Waals surface area contributed by atoms with Gasteiger partial charge in [-0.25, -0.2) is 0 Å². The van der Waals surface area contributed by atoms with Gasteiger partial charge in [0.05, 0.1) is 18.3 Å². The van der Waals surface area contributed by atoms with Gasteiger partial charge in [0.25, 0.3) is 0 Å². The van der Waals surface area contributed by atoms with Crippen LogP contribution in [-0.2, 0) is 9.53 Å². The number of amides is 1. The van der Waals surface area contributed by atoms with Crippen LogP contribution in [0.25, 0.3) is 0 Å². The lowest BCUT2D eigenvalue weighted by Crippen LogP contribution is -2.54. The highest BCUT2D eigenvalue weighted by atomic mass is 16.5. The molecule has 2 fully saturated rings. The van der Waals surface area contributed by atoms with Crippen LogP contribution in [0.3, 0.4) is 0 Å². The molecule has 0 aromatic rings. The van der Waals surface area contributed by atoms with Crippen LogP contribution in [-0.4, -0.2) is 34.9 Å². The molecule has 4 heteroatoms. The van der Waals surface area contributed by atoms with Crippen molar-refractivity contribution in [1.29, 1.82) is 0 Å². The standard InChI is InChI=1S/C19H35NO3/c1-4-8-16-12-19(3,20-14(2)21)13-17(23-16)11-18(22)15-9-6-5-7-10-15/h15-18,22H,4-13H2,1-3H3,(H,20,21)/t16-,17+,18+,19?/m0/s1. The molecule has 1 aliphatic carbocycles. The summed E-state index contributed by atoms with van der Waals surface area (Å²) in [5.41, 5.74) is -0.207. The second kappa shape index (κ2) is 8.48. The first kappa shape index (κ1) is 18.7. The minimum Gasteiger partial charge on any atom is -0.393 e. The quantitative estimate of drug-likeness (QED) is 0.785. The van der Waals surface area contributed by atoms with E-state index in [1.807, 2.05) is 0 Å². The predicted octanol–water partition coefficient (Wildman–Crippen LogP) is 3.56. The molecule has 4 atom stereocenters. The number of hydrogen-bond acceptors (Lipinski definition) is 3. The molecule has 23 heavy (non-hydrogen) atoms. The lowest BCUT2D eigenvalue weighted by molar-refractivity contribution is -0.129. The highest BCUT2D eigenvalue weighted by Gasteiger charge is 2.39. The number of hydrogen-bond donors (Lipinski definition) is 2. The third kappa shape index (κ3) is 5.75. The van der Waals surface area contributed by atoms with E-state index >= 15 is 0 Å². The van der Waals surface area contributed by atoms with Crippen LogP contribution < -0.4 is 5.32 Å². The Kier molecular flexibility index (Phi) is 6.90. The maximum absolute atomic E-state index is 11.6. The van der Waals surface area contributed by atoms with Gasteiger partial charge >= 0.3 is 0 Å². The van der Waals surface area contributed by atoms with Crippen molar-refractivity contribution in [3.8, 4) is 0 Å². The third-order valence-electron chi connectivity index (χ3n) is 5.53. The maximum atomic E-state index is 11.6. The molecule has 1 heterocycles. The molecule has 1 amide bonds. The van der Waals surface area contributed by atoms with Gasteiger partial charge in [-0.3, -0.25) is 4.79 Å². The molecule has 134 valence electrons. The molecule has 0 aromatic carbocycles. The van der Waals surface area contributed by atoms with Gasteiger partial charge in [0, 0.05) is 12.5 Å². The fourth-order valence-electron chi connectivity index (χ4n) is 4.60. The molecule has 1 aliphatic heterocycles. The Bertz CT molecular complexity index is 381. The van der Waals surface area contributed by atoms with Gasteiger partial charge < -0.3 is 15.2 Å². The van der Waals surface area contributed by atoms with Crippen LogP contribution in [0, 0.1) is 5.92 Å². The molecule has 0 spiro atoms. The van der Waals surface area contributed by atoms with Crippen LogP contribution >= 0.6 is 0 Å². The average molecular weight is 325 g/mol. The van der Waals surface area contributed by atoms with E-state index in [9.17, 15) is 9.90 Å². The molecule has 4 nitrogen and oxygen atoms in total. The maximum Gasteiger partial charge on any atom is 0.217 e. The van der Waals surface area contributed by atoms with Gasteiger partial charge in [-0.05, 0) is 51.4 Å². The summed E-state index contributed by atoms with van der Waals surface area (Å²) in [6, 6.07) is 0. The molecule has 2 N–H and O–H groups in total. The molecule has 2 aliphatic rings. The van der Waals surface area contributed by atoms with Crippen LogP contribution in [0.2, 0.25) is 0 Å². The summed E-state index contributed by atoms with van der Waals surface area (Å²) in [6.07, 6.45) is 10.6. The molecular formula is C19H35NO3. The minimum atomic E-state index is -0.262. The molecule has 1 unspecified atom stereocenters. The van der Waals surface area contributed by atoms with Gasteiger partial charge in [0.1, 0.15) is 0 Å². The normalized spacial score (nSPS) is 34.1. The Hall–Kier alpha value is -0.610. The van der Waals surface area contributed by atoms with Gasteiger partial charge in [0.2, 0.25) is 5.91 Å². The summed E-state index contributed by atoms with van der Waals surface area (Å²) in [6.45, 7) is 5.88. The predicted molar refractivity (Wildman–Crippen MR) is 92.2 cm³/mol. The van der Waals surface area contributed by atoms with Crippen LogP contribution in [0.15, 0.2) is 0 Å². The van der Waals surface area contributed by atoms with Crippen molar-refractivity contribution >= 4 is 5.91 Å². The van der Waals surface area contributed by atoms with E-state index in [0.717, 1.165) is 38.5 Å². The van der Waals surface area contributed by atoms with Crippen molar-refractivity contribution in [3.63, 3.8) is 0 Å². The fraction of sp³-hybridized carbons (Fsp3) is 0.947. The molecule has 1 saturated carbocycles. The number of nitrogens with one attached hydrogen (secondary N) is 1. The zero-order valence-electron chi connectivity index (χ0n) is 15.1. The van der Waals surface area contributed by atoms with E-state index in [1.54, 1.807) is 6.92 Å². The Balaban J connectivity index is 1.96. The second-order valence-electron chi connectivity index (χ2n) is 8.02. The van der Waals surface area contributed by atoms with E-state index in [4.69, 9.17) is 4.74 Å². The first-order valence-electron chi connectivity index (χ1n) is 9.54. The smallest absolute Gasteiger partial charge is 0.217 e. The highest BCUT2D eigenvalue weighted by molar-refractivity contribution is 5.73. The van der Waals surface area contributed by atoms with Crippen molar-refractivity contribution in [2.75, 3.05) is 0 Å². The van der Waals surface area contributed by atoms with Crippen molar-refractivity contribution in [3.05, 3.63) is 0 Å². The Morgan fingerprint density at radius 3 is 2.52 bits per heavy atom. The largest absolute Gasteiger partial charge is 0.393 e. The Morgan fingerprint density at radius 1 is 1.26 bits per heavy atom. The van der Waals surface area contributed by atoms with E-state index in [1.165, 1.54) is 19.3 Å². The molecule has 0 aromatic heterocycles. The van der Waals surface area contributed by atoms with Gasteiger partial charge in [0.15, 0.2) is 0 Å². The summed E-state index contributed by atoms with van der Waals surface area (Å²) < 4.78 is 6.25. The lowest BCUT2D eigenvalue weighted by Gasteiger charge is -2.44. The fourth-order valence-corrected chi connectivity index (χ4v) is 4.60. The molecule has 1 saturated heterocycles. The summed E-state index contributed by atoms with van der Waals surface area (Å²) >= 11 is 0. The van der Waals surface area contributed by atoms with Gasteiger partial charge in [-0.2, -0.15) is 0 Å².